The van der Waals surface area contributed by atoms with E-state index in [2.05, 4.69) is 48.0 Å². The third-order valence-corrected chi connectivity index (χ3v) is 6.11. The second-order valence-corrected chi connectivity index (χ2v) is 8.33. The van der Waals surface area contributed by atoms with Crippen LogP contribution in [-0.4, -0.2) is 11.8 Å². The van der Waals surface area contributed by atoms with Crippen LogP contribution in [0.25, 0.3) is 0 Å². The Balaban J connectivity index is 2.27. The molecule has 0 heterocycles. The molecular weight excluding hydrogens is 318 g/mol. The first kappa shape index (κ1) is 15.4. The van der Waals surface area contributed by atoms with Crippen molar-refractivity contribution in [3.05, 3.63) is 28.2 Å². The van der Waals surface area contributed by atoms with E-state index in [9.17, 15) is 0 Å². The normalized spacial score (nSPS) is 18.8. The fourth-order valence-corrected chi connectivity index (χ4v) is 4.50. The van der Waals surface area contributed by atoms with Gasteiger partial charge in [0.2, 0.25) is 0 Å². The van der Waals surface area contributed by atoms with Crippen molar-refractivity contribution in [3.8, 4) is 0 Å². The summed E-state index contributed by atoms with van der Waals surface area (Å²) < 4.78 is 1.22. The first-order chi connectivity index (χ1) is 9.07. The molecule has 1 aromatic carbocycles. The summed E-state index contributed by atoms with van der Waals surface area (Å²) in [4.78, 5) is 1.33. The van der Waals surface area contributed by atoms with Gasteiger partial charge in [-0.2, -0.15) is 0 Å². The summed E-state index contributed by atoms with van der Waals surface area (Å²) >= 11 is 5.64. The Hall–Kier alpha value is 0.01000. The SMILES string of the molecule is CC(C)Sc1ccc(C2(CN)CCCCC2)cc1Br. The molecule has 3 heteroatoms. The highest BCUT2D eigenvalue weighted by molar-refractivity contribution is 9.10. The van der Waals surface area contributed by atoms with Gasteiger partial charge in [-0.1, -0.05) is 39.2 Å². The number of hydrogen-bond donors (Lipinski definition) is 1. The Morgan fingerprint density at radius 3 is 2.47 bits per heavy atom. The summed E-state index contributed by atoms with van der Waals surface area (Å²) in [5, 5.41) is 0.611. The highest BCUT2D eigenvalue weighted by Gasteiger charge is 2.32. The van der Waals surface area contributed by atoms with E-state index in [0.29, 0.717) is 5.25 Å². The topological polar surface area (TPSA) is 26.0 Å². The fraction of sp³-hybridized carbons (Fsp3) is 0.625. The quantitative estimate of drug-likeness (QED) is 0.770. The number of halogens is 1. The largest absolute Gasteiger partial charge is 0.330 e. The van der Waals surface area contributed by atoms with E-state index in [4.69, 9.17) is 5.73 Å². The zero-order valence-corrected chi connectivity index (χ0v) is 14.3. The summed E-state index contributed by atoms with van der Waals surface area (Å²) in [6.07, 6.45) is 6.48. The molecule has 1 saturated carbocycles. The highest BCUT2D eigenvalue weighted by atomic mass is 79.9. The molecule has 0 spiro atoms. The predicted octanol–water partition coefficient (Wildman–Crippen LogP) is 5.11. The lowest BCUT2D eigenvalue weighted by Gasteiger charge is -2.37. The molecule has 1 nitrogen and oxygen atoms in total. The standard InChI is InChI=1S/C16H24BrNS/c1-12(2)19-15-7-6-13(10-14(15)17)16(11-18)8-4-3-5-9-16/h6-7,10,12H,3-5,8-9,11,18H2,1-2H3. The van der Waals surface area contributed by atoms with Gasteiger partial charge in [0, 0.05) is 26.6 Å². The first-order valence-corrected chi connectivity index (χ1v) is 8.91. The Bertz CT molecular complexity index is 425. The number of nitrogens with two attached hydrogens (primary N) is 1. The monoisotopic (exact) mass is 341 g/mol. The van der Waals surface area contributed by atoms with Gasteiger partial charge in [0.15, 0.2) is 0 Å². The second kappa shape index (κ2) is 6.64. The van der Waals surface area contributed by atoms with E-state index in [0.717, 1.165) is 6.54 Å². The molecule has 19 heavy (non-hydrogen) atoms. The van der Waals surface area contributed by atoms with Crippen LogP contribution < -0.4 is 5.73 Å². The molecule has 1 aromatic rings. The molecule has 0 amide bonds. The van der Waals surface area contributed by atoms with E-state index in [1.807, 2.05) is 11.8 Å². The fourth-order valence-electron chi connectivity index (χ4n) is 3.02. The van der Waals surface area contributed by atoms with Gasteiger partial charge in [-0.3, -0.25) is 0 Å². The molecule has 1 aliphatic carbocycles. The second-order valence-electron chi connectivity index (χ2n) is 5.86. The van der Waals surface area contributed by atoms with Crippen molar-refractivity contribution in [1.82, 2.24) is 0 Å². The minimum atomic E-state index is 0.224. The molecule has 2 N–H and O–H groups in total. The molecule has 0 bridgehead atoms. The maximum Gasteiger partial charge on any atom is 0.0314 e. The molecular formula is C16H24BrNS. The van der Waals surface area contributed by atoms with Gasteiger partial charge in [-0.15, -0.1) is 11.8 Å². The Labute approximate surface area is 129 Å². The van der Waals surface area contributed by atoms with Gasteiger partial charge < -0.3 is 5.73 Å². The van der Waals surface area contributed by atoms with Crippen LogP contribution >= 0.6 is 27.7 Å². The van der Waals surface area contributed by atoms with Crippen molar-refractivity contribution in [2.24, 2.45) is 5.73 Å². The number of hydrogen-bond acceptors (Lipinski definition) is 2. The van der Waals surface area contributed by atoms with E-state index in [-0.39, 0.29) is 5.41 Å². The molecule has 0 aromatic heterocycles. The van der Waals surface area contributed by atoms with Crippen molar-refractivity contribution in [3.63, 3.8) is 0 Å². The van der Waals surface area contributed by atoms with Crippen molar-refractivity contribution in [1.29, 1.82) is 0 Å². The van der Waals surface area contributed by atoms with Gasteiger partial charge in [-0.05, 0) is 46.5 Å². The predicted molar refractivity (Wildman–Crippen MR) is 89.0 cm³/mol. The number of rotatable bonds is 4. The van der Waals surface area contributed by atoms with E-state index in [1.165, 1.54) is 47.0 Å². The maximum atomic E-state index is 6.12. The lowest BCUT2D eigenvalue weighted by molar-refractivity contribution is 0.300. The minimum absolute atomic E-state index is 0.224. The number of benzene rings is 1. The molecule has 1 fully saturated rings. The Morgan fingerprint density at radius 2 is 1.95 bits per heavy atom. The summed E-state index contributed by atoms with van der Waals surface area (Å²) in [6.45, 7) is 5.23. The van der Waals surface area contributed by atoms with Gasteiger partial charge in [-0.25, -0.2) is 0 Å². The van der Waals surface area contributed by atoms with Crippen molar-refractivity contribution in [2.75, 3.05) is 6.54 Å². The van der Waals surface area contributed by atoms with Crippen LogP contribution in [0.3, 0.4) is 0 Å². The van der Waals surface area contributed by atoms with E-state index >= 15 is 0 Å². The average molecular weight is 342 g/mol. The zero-order valence-electron chi connectivity index (χ0n) is 11.9. The molecule has 106 valence electrons. The zero-order chi connectivity index (χ0) is 13.9. The average Bonchev–Trinajstić information content (AvgIpc) is 2.41. The summed E-state index contributed by atoms with van der Waals surface area (Å²) in [5.74, 6) is 0. The highest BCUT2D eigenvalue weighted by Crippen LogP contribution is 2.41. The van der Waals surface area contributed by atoms with Gasteiger partial charge in [0.1, 0.15) is 0 Å². The molecule has 0 saturated heterocycles. The molecule has 2 rings (SSSR count). The summed E-state index contributed by atoms with van der Waals surface area (Å²) in [7, 11) is 0. The minimum Gasteiger partial charge on any atom is -0.330 e. The molecule has 0 atom stereocenters. The summed E-state index contributed by atoms with van der Waals surface area (Å²) in [6, 6.07) is 6.87. The maximum absolute atomic E-state index is 6.12. The smallest absolute Gasteiger partial charge is 0.0314 e. The van der Waals surface area contributed by atoms with Gasteiger partial charge in [0.05, 0.1) is 0 Å². The molecule has 0 aliphatic heterocycles. The van der Waals surface area contributed by atoms with Crippen molar-refractivity contribution < 1.29 is 0 Å². The van der Waals surface area contributed by atoms with Crippen LogP contribution in [0.5, 0.6) is 0 Å². The van der Waals surface area contributed by atoms with Crippen molar-refractivity contribution in [2.45, 2.75) is 61.5 Å². The van der Waals surface area contributed by atoms with E-state index < -0.39 is 0 Å². The molecule has 0 radical (unpaired) electrons. The van der Waals surface area contributed by atoms with Crippen LogP contribution in [0.2, 0.25) is 0 Å². The third-order valence-electron chi connectivity index (χ3n) is 4.11. The molecule has 0 unspecified atom stereocenters. The van der Waals surface area contributed by atoms with Crippen LogP contribution in [0, 0.1) is 0 Å². The van der Waals surface area contributed by atoms with Crippen molar-refractivity contribution >= 4 is 27.7 Å². The van der Waals surface area contributed by atoms with Crippen LogP contribution in [-0.2, 0) is 5.41 Å². The Kier molecular flexibility index (Phi) is 5.38. The lowest BCUT2D eigenvalue weighted by atomic mass is 9.69. The third kappa shape index (κ3) is 3.56. The number of thioether (sulfide) groups is 1. The van der Waals surface area contributed by atoms with Gasteiger partial charge in [0.25, 0.3) is 0 Å². The van der Waals surface area contributed by atoms with Crippen LogP contribution in [0.4, 0.5) is 0 Å². The summed E-state index contributed by atoms with van der Waals surface area (Å²) in [5.41, 5.74) is 7.77. The van der Waals surface area contributed by atoms with Gasteiger partial charge >= 0.3 is 0 Å². The van der Waals surface area contributed by atoms with Crippen LogP contribution in [0.15, 0.2) is 27.6 Å². The van der Waals surface area contributed by atoms with E-state index in [1.54, 1.807) is 0 Å². The molecule has 1 aliphatic rings. The first-order valence-electron chi connectivity index (χ1n) is 7.24. The lowest BCUT2D eigenvalue weighted by Crippen LogP contribution is -2.37. The van der Waals surface area contributed by atoms with Crippen LogP contribution in [0.1, 0.15) is 51.5 Å². The Morgan fingerprint density at radius 1 is 1.26 bits per heavy atom.